The zero-order chi connectivity index (χ0) is 14.2. The lowest BCUT2D eigenvalue weighted by Crippen LogP contribution is -2.40. The smallest absolute Gasteiger partial charge is 0.312 e. The van der Waals surface area contributed by atoms with Gasteiger partial charge in [0.1, 0.15) is 5.60 Å². The molecule has 0 aliphatic heterocycles. The van der Waals surface area contributed by atoms with Crippen LogP contribution < -0.4 is 0 Å². The number of carbonyl (C=O) groups excluding carboxylic acids is 1. The van der Waals surface area contributed by atoms with Crippen molar-refractivity contribution < 1.29 is 9.53 Å². The highest BCUT2D eigenvalue weighted by atomic mass is 31.0. The van der Waals surface area contributed by atoms with E-state index in [1.807, 2.05) is 27.4 Å². The Morgan fingerprint density at radius 2 is 1.67 bits per heavy atom. The first kappa shape index (κ1) is 17.9. The predicted molar refractivity (Wildman–Crippen MR) is 81.9 cm³/mol. The van der Waals surface area contributed by atoms with E-state index >= 15 is 0 Å². The number of rotatable bonds is 4. The number of ether oxygens (including phenoxy) is 1. The highest BCUT2D eigenvalue weighted by molar-refractivity contribution is 7.15. The zero-order valence-electron chi connectivity index (χ0n) is 12.8. The van der Waals surface area contributed by atoms with E-state index in [2.05, 4.69) is 16.2 Å². The summed E-state index contributed by atoms with van der Waals surface area (Å²) in [5.41, 5.74) is -0.485. The largest absolute Gasteiger partial charge is 0.459 e. The highest BCUT2D eigenvalue weighted by Crippen LogP contribution is 2.36. The molecule has 0 radical (unpaired) electrons. The van der Waals surface area contributed by atoms with Crippen molar-refractivity contribution in [3.8, 4) is 0 Å². The maximum atomic E-state index is 12.1. The average molecular weight is 274 g/mol. The van der Waals surface area contributed by atoms with Crippen molar-refractivity contribution in [1.82, 2.24) is 0 Å². The monoisotopic (exact) mass is 274 g/mol. The fraction of sp³-hybridized carbons (Fsp3) is 0.933. The van der Waals surface area contributed by atoms with Gasteiger partial charge in [-0.25, -0.2) is 0 Å². The van der Waals surface area contributed by atoms with Crippen LogP contribution in [-0.4, -0.2) is 18.2 Å². The van der Waals surface area contributed by atoms with E-state index in [1.165, 1.54) is 19.3 Å². The topological polar surface area (TPSA) is 26.3 Å². The van der Waals surface area contributed by atoms with Gasteiger partial charge in [0.25, 0.3) is 0 Å². The van der Waals surface area contributed by atoms with Gasteiger partial charge in [-0.3, -0.25) is 4.79 Å². The SMILES string of the molecule is CCC1(OC(=O)C(C)(C)CC)CCCCC1.CP. The third-order valence-electron chi connectivity index (χ3n) is 4.15. The molecule has 0 spiro atoms. The summed E-state index contributed by atoms with van der Waals surface area (Å²) in [5, 5.41) is 0. The third-order valence-corrected chi connectivity index (χ3v) is 4.15. The number of esters is 1. The number of carbonyl (C=O) groups is 1. The summed E-state index contributed by atoms with van der Waals surface area (Å²) in [6.07, 6.45) is 7.59. The van der Waals surface area contributed by atoms with Crippen LogP contribution in [0, 0.1) is 5.41 Å². The maximum absolute atomic E-state index is 12.1. The van der Waals surface area contributed by atoms with Gasteiger partial charge in [0.05, 0.1) is 5.41 Å². The molecule has 1 fully saturated rings. The minimum Gasteiger partial charge on any atom is -0.459 e. The van der Waals surface area contributed by atoms with Crippen molar-refractivity contribution >= 4 is 15.2 Å². The summed E-state index contributed by atoms with van der Waals surface area (Å²) >= 11 is 0. The Bertz CT molecular complexity index is 243. The summed E-state index contributed by atoms with van der Waals surface area (Å²) in [6.45, 7) is 10.0. The summed E-state index contributed by atoms with van der Waals surface area (Å²) in [6, 6.07) is 0. The Labute approximate surface area is 115 Å². The van der Waals surface area contributed by atoms with Crippen LogP contribution in [0.1, 0.15) is 72.6 Å². The van der Waals surface area contributed by atoms with Gasteiger partial charge < -0.3 is 4.74 Å². The molecular formula is C15H31O2P. The van der Waals surface area contributed by atoms with Gasteiger partial charge in [0, 0.05) is 0 Å². The van der Waals surface area contributed by atoms with Crippen molar-refractivity contribution in [2.24, 2.45) is 5.41 Å². The fourth-order valence-corrected chi connectivity index (χ4v) is 2.20. The molecule has 1 atom stereocenters. The van der Waals surface area contributed by atoms with Crippen molar-refractivity contribution in [2.45, 2.75) is 78.2 Å². The van der Waals surface area contributed by atoms with Crippen LogP contribution >= 0.6 is 9.24 Å². The van der Waals surface area contributed by atoms with Gasteiger partial charge in [-0.1, -0.05) is 26.9 Å². The van der Waals surface area contributed by atoms with Crippen LogP contribution in [0.2, 0.25) is 0 Å². The first-order chi connectivity index (χ1) is 8.46. The van der Waals surface area contributed by atoms with Gasteiger partial charge in [-0.05, 0) is 52.4 Å². The van der Waals surface area contributed by atoms with Crippen LogP contribution in [0.4, 0.5) is 0 Å². The van der Waals surface area contributed by atoms with E-state index in [4.69, 9.17) is 4.74 Å². The Kier molecular flexibility index (Phi) is 8.10. The molecule has 1 aliphatic carbocycles. The molecule has 2 nitrogen and oxygen atoms in total. The third kappa shape index (κ3) is 4.88. The summed E-state index contributed by atoms with van der Waals surface area (Å²) in [7, 11) is 2.42. The van der Waals surface area contributed by atoms with Crippen LogP contribution in [0.5, 0.6) is 0 Å². The molecule has 1 aliphatic rings. The molecule has 0 saturated heterocycles. The molecule has 1 unspecified atom stereocenters. The zero-order valence-corrected chi connectivity index (χ0v) is 14.0. The van der Waals surface area contributed by atoms with E-state index in [0.29, 0.717) is 0 Å². The second kappa shape index (κ2) is 8.15. The van der Waals surface area contributed by atoms with Crippen LogP contribution in [0.25, 0.3) is 0 Å². The number of hydrogen-bond acceptors (Lipinski definition) is 2. The molecule has 0 N–H and O–H groups in total. The lowest BCUT2D eigenvalue weighted by molar-refractivity contribution is -0.174. The van der Waals surface area contributed by atoms with Crippen LogP contribution in [0.3, 0.4) is 0 Å². The van der Waals surface area contributed by atoms with E-state index in [9.17, 15) is 4.79 Å². The molecule has 0 aromatic carbocycles. The lowest BCUT2D eigenvalue weighted by Gasteiger charge is -2.38. The van der Waals surface area contributed by atoms with Gasteiger partial charge in [-0.15, -0.1) is 9.24 Å². The fourth-order valence-electron chi connectivity index (χ4n) is 2.20. The van der Waals surface area contributed by atoms with Gasteiger partial charge >= 0.3 is 5.97 Å². The first-order valence-corrected chi connectivity index (χ1v) is 8.42. The van der Waals surface area contributed by atoms with Crippen LogP contribution in [-0.2, 0) is 9.53 Å². The Morgan fingerprint density at radius 3 is 2.06 bits per heavy atom. The Hall–Kier alpha value is -0.100. The molecule has 108 valence electrons. The molecule has 1 rings (SSSR count). The van der Waals surface area contributed by atoms with Crippen molar-refractivity contribution in [1.29, 1.82) is 0 Å². The van der Waals surface area contributed by atoms with E-state index in [0.717, 1.165) is 25.7 Å². The lowest BCUT2D eigenvalue weighted by atomic mass is 9.82. The van der Waals surface area contributed by atoms with Crippen molar-refractivity contribution in [3.05, 3.63) is 0 Å². The summed E-state index contributed by atoms with van der Waals surface area (Å²) in [5.74, 6) is -0.0150. The Balaban J connectivity index is 0.00000137. The minimum absolute atomic E-state index is 0.0150. The molecule has 0 heterocycles. The second-order valence-electron chi connectivity index (χ2n) is 5.72. The van der Waals surface area contributed by atoms with Gasteiger partial charge in [-0.2, -0.15) is 0 Å². The number of hydrogen-bond donors (Lipinski definition) is 0. The summed E-state index contributed by atoms with van der Waals surface area (Å²) in [4.78, 5) is 12.1. The molecular weight excluding hydrogens is 243 g/mol. The van der Waals surface area contributed by atoms with Gasteiger partial charge in [0.15, 0.2) is 0 Å². The quantitative estimate of drug-likeness (QED) is 0.554. The highest BCUT2D eigenvalue weighted by Gasteiger charge is 2.38. The average Bonchev–Trinajstić information content (AvgIpc) is 2.42. The van der Waals surface area contributed by atoms with E-state index < -0.39 is 0 Å². The van der Waals surface area contributed by atoms with E-state index in [1.54, 1.807) is 0 Å². The predicted octanol–water partition coefficient (Wildman–Crippen LogP) is 4.57. The maximum Gasteiger partial charge on any atom is 0.312 e. The second-order valence-corrected chi connectivity index (χ2v) is 5.72. The Morgan fingerprint density at radius 1 is 1.17 bits per heavy atom. The van der Waals surface area contributed by atoms with Crippen molar-refractivity contribution in [3.63, 3.8) is 0 Å². The van der Waals surface area contributed by atoms with E-state index in [-0.39, 0.29) is 17.0 Å². The minimum atomic E-state index is -0.334. The molecule has 1 saturated carbocycles. The normalized spacial score (nSPS) is 18.6. The molecule has 0 aromatic rings. The van der Waals surface area contributed by atoms with Crippen molar-refractivity contribution in [2.75, 3.05) is 6.66 Å². The first-order valence-electron chi connectivity index (χ1n) is 7.27. The molecule has 3 heteroatoms. The van der Waals surface area contributed by atoms with Crippen LogP contribution in [0.15, 0.2) is 0 Å². The molecule has 18 heavy (non-hydrogen) atoms. The summed E-state index contributed by atoms with van der Waals surface area (Å²) < 4.78 is 5.84. The molecule has 0 bridgehead atoms. The standard InChI is InChI=1S/C14H26O2.CH5P/c1-5-13(3,4)12(15)16-14(6-2)10-8-7-9-11-14;1-2/h5-11H2,1-4H3;2H2,1H3. The molecule has 0 amide bonds. The van der Waals surface area contributed by atoms with Gasteiger partial charge in [0.2, 0.25) is 0 Å². The molecule has 0 aromatic heterocycles.